The van der Waals surface area contributed by atoms with E-state index in [1.165, 1.54) is 0 Å². The molecule has 1 fully saturated rings. The summed E-state index contributed by atoms with van der Waals surface area (Å²) in [5.74, 6) is -0.571. The second-order valence-electron chi connectivity index (χ2n) is 5.06. The van der Waals surface area contributed by atoms with E-state index in [4.69, 9.17) is 5.11 Å². The Bertz CT molecular complexity index is 240. The maximum absolute atomic E-state index is 11.0. The highest BCUT2D eigenvalue weighted by Gasteiger charge is 2.42. The molecule has 88 valence electrons. The second-order valence-corrected chi connectivity index (χ2v) is 5.06. The average molecular weight is 215 g/mol. The first-order valence-corrected chi connectivity index (χ1v) is 5.50. The third-order valence-electron chi connectivity index (χ3n) is 3.50. The van der Waals surface area contributed by atoms with Gasteiger partial charge in [0.2, 0.25) is 0 Å². The Kier molecular flexibility index (Phi) is 3.73. The molecule has 0 bridgehead atoms. The van der Waals surface area contributed by atoms with Crippen LogP contribution in [-0.4, -0.2) is 46.8 Å². The van der Waals surface area contributed by atoms with Crippen molar-refractivity contribution in [3.8, 4) is 0 Å². The molecule has 1 heterocycles. The van der Waals surface area contributed by atoms with Gasteiger partial charge in [0.1, 0.15) is 6.04 Å². The molecule has 0 unspecified atom stereocenters. The van der Waals surface area contributed by atoms with Crippen molar-refractivity contribution < 1.29 is 15.0 Å². The van der Waals surface area contributed by atoms with Crippen LogP contribution in [0.2, 0.25) is 0 Å². The standard InChI is InChI=1S/C11H21NO3/c1-4-9(10(14)15)12-5-8(6-13)11(2,3)7-12/h8-9,13H,4-7H2,1-3H3,(H,14,15)/t8-,9-/m0/s1. The van der Waals surface area contributed by atoms with Crippen LogP contribution in [0, 0.1) is 11.3 Å². The number of carboxylic acid groups (broad SMARTS) is 1. The molecule has 1 rings (SSSR count). The molecule has 0 aromatic carbocycles. The predicted molar refractivity (Wildman–Crippen MR) is 57.6 cm³/mol. The van der Waals surface area contributed by atoms with E-state index in [0.29, 0.717) is 13.0 Å². The third kappa shape index (κ3) is 2.49. The van der Waals surface area contributed by atoms with Gasteiger partial charge in [-0.1, -0.05) is 20.8 Å². The maximum atomic E-state index is 11.0. The molecule has 2 atom stereocenters. The van der Waals surface area contributed by atoms with E-state index < -0.39 is 12.0 Å². The van der Waals surface area contributed by atoms with E-state index >= 15 is 0 Å². The van der Waals surface area contributed by atoms with Gasteiger partial charge in [-0.15, -0.1) is 0 Å². The zero-order chi connectivity index (χ0) is 11.6. The number of carboxylic acids is 1. The summed E-state index contributed by atoms with van der Waals surface area (Å²) in [4.78, 5) is 13.0. The monoisotopic (exact) mass is 215 g/mol. The van der Waals surface area contributed by atoms with E-state index in [1.807, 2.05) is 11.8 Å². The minimum absolute atomic E-state index is 0.0115. The molecular formula is C11H21NO3. The topological polar surface area (TPSA) is 60.8 Å². The minimum atomic E-state index is -0.758. The number of carbonyl (C=O) groups is 1. The summed E-state index contributed by atoms with van der Waals surface area (Å²) >= 11 is 0. The van der Waals surface area contributed by atoms with Crippen molar-refractivity contribution in [2.24, 2.45) is 11.3 Å². The van der Waals surface area contributed by atoms with Gasteiger partial charge in [-0.3, -0.25) is 9.69 Å². The summed E-state index contributed by atoms with van der Waals surface area (Å²) in [5, 5.41) is 18.3. The number of rotatable bonds is 4. The van der Waals surface area contributed by atoms with Crippen LogP contribution in [0.25, 0.3) is 0 Å². The lowest BCUT2D eigenvalue weighted by molar-refractivity contribution is -0.143. The first kappa shape index (κ1) is 12.5. The summed E-state index contributed by atoms with van der Waals surface area (Å²) in [5.41, 5.74) is 0.0115. The molecule has 0 spiro atoms. The molecule has 0 saturated carbocycles. The lowest BCUT2D eigenvalue weighted by atomic mass is 9.83. The lowest BCUT2D eigenvalue weighted by Crippen LogP contribution is -2.40. The Morgan fingerprint density at radius 1 is 1.60 bits per heavy atom. The Morgan fingerprint density at radius 3 is 2.53 bits per heavy atom. The van der Waals surface area contributed by atoms with E-state index in [9.17, 15) is 9.90 Å². The van der Waals surface area contributed by atoms with Crippen LogP contribution in [-0.2, 0) is 4.79 Å². The summed E-state index contributed by atoms with van der Waals surface area (Å²) in [7, 11) is 0. The molecule has 2 N–H and O–H groups in total. The number of nitrogens with zero attached hydrogens (tertiary/aromatic N) is 1. The van der Waals surface area contributed by atoms with Crippen molar-refractivity contribution in [1.82, 2.24) is 4.90 Å². The number of likely N-dealkylation sites (tertiary alicyclic amines) is 1. The molecule has 15 heavy (non-hydrogen) atoms. The van der Waals surface area contributed by atoms with Gasteiger partial charge >= 0.3 is 5.97 Å². The molecule has 0 aromatic heterocycles. The minimum Gasteiger partial charge on any atom is -0.480 e. The molecule has 4 nitrogen and oxygen atoms in total. The molecule has 1 aliphatic rings. The quantitative estimate of drug-likeness (QED) is 0.728. The SMILES string of the molecule is CC[C@@H](C(=O)O)N1C[C@@H](CO)C(C)(C)C1. The van der Waals surface area contributed by atoms with Crippen LogP contribution in [0.1, 0.15) is 27.2 Å². The summed E-state index contributed by atoms with van der Waals surface area (Å²) in [6.07, 6.45) is 0.615. The molecule has 0 amide bonds. The molecular weight excluding hydrogens is 194 g/mol. The Hall–Kier alpha value is -0.610. The van der Waals surface area contributed by atoms with Crippen LogP contribution in [0.5, 0.6) is 0 Å². The lowest BCUT2D eigenvalue weighted by Gasteiger charge is -2.25. The zero-order valence-electron chi connectivity index (χ0n) is 9.73. The molecule has 4 heteroatoms. The number of hydrogen-bond donors (Lipinski definition) is 2. The second kappa shape index (κ2) is 4.49. The third-order valence-corrected chi connectivity index (χ3v) is 3.50. The van der Waals surface area contributed by atoms with Gasteiger partial charge in [-0.2, -0.15) is 0 Å². The zero-order valence-corrected chi connectivity index (χ0v) is 9.73. The summed E-state index contributed by atoms with van der Waals surface area (Å²) in [6.45, 7) is 7.64. The van der Waals surface area contributed by atoms with Crippen molar-refractivity contribution in [3.63, 3.8) is 0 Å². The Balaban J connectivity index is 2.72. The Labute approximate surface area is 90.9 Å². The van der Waals surface area contributed by atoms with Gasteiger partial charge in [-0.05, 0) is 11.8 Å². The van der Waals surface area contributed by atoms with Gasteiger partial charge < -0.3 is 10.2 Å². The highest BCUT2D eigenvalue weighted by Crippen LogP contribution is 2.36. The average Bonchev–Trinajstić information content (AvgIpc) is 2.41. The smallest absolute Gasteiger partial charge is 0.320 e. The predicted octanol–water partition coefficient (Wildman–Crippen LogP) is 0.800. The first-order valence-electron chi connectivity index (χ1n) is 5.50. The van der Waals surface area contributed by atoms with E-state index in [1.54, 1.807) is 0 Å². The fraction of sp³-hybridized carbons (Fsp3) is 0.909. The largest absolute Gasteiger partial charge is 0.480 e. The molecule has 1 saturated heterocycles. The van der Waals surface area contributed by atoms with Gasteiger partial charge in [0, 0.05) is 25.6 Å². The fourth-order valence-corrected chi connectivity index (χ4v) is 2.38. The van der Waals surface area contributed by atoms with Crippen LogP contribution >= 0.6 is 0 Å². The molecule has 0 radical (unpaired) electrons. The first-order chi connectivity index (χ1) is 6.92. The molecule has 1 aliphatic heterocycles. The van der Waals surface area contributed by atoms with Gasteiger partial charge in [0.25, 0.3) is 0 Å². The van der Waals surface area contributed by atoms with Crippen LogP contribution in [0.15, 0.2) is 0 Å². The highest BCUT2D eigenvalue weighted by molar-refractivity contribution is 5.73. The number of aliphatic hydroxyl groups is 1. The van der Waals surface area contributed by atoms with Crippen molar-refractivity contribution in [2.75, 3.05) is 19.7 Å². The van der Waals surface area contributed by atoms with E-state index in [2.05, 4.69) is 13.8 Å². The normalized spacial score (nSPS) is 27.9. The van der Waals surface area contributed by atoms with E-state index in [-0.39, 0.29) is 17.9 Å². The van der Waals surface area contributed by atoms with Crippen LogP contribution in [0.4, 0.5) is 0 Å². The van der Waals surface area contributed by atoms with Gasteiger partial charge in [0.15, 0.2) is 0 Å². The summed E-state index contributed by atoms with van der Waals surface area (Å²) in [6, 6.07) is -0.402. The summed E-state index contributed by atoms with van der Waals surface area (Å²) < 4.78 is 0. The van der Waals surface area contributed by atoms with Crippen molar-refractivity contribution in [3.05, 3.63) is 0 Å². The van der Waals surface area contributed by atoms with Crippen LogP contribution in [0.3, 0.4) is 0 Å². The van der Waals surface area contributed by atoms with Crippen LogP contribution < -0.4 is 0 Å². The van der Waals surface area contributed by atoms with Crippen molar-refractivity contribution in [1.29, 1.82) is 0 Å². The van der Waals surface area contributed by atoms with Crippen molar-refractivity contribution in [2.45, 2.75) is 33.2 Å². The molecule has 0 aliphatic carbocycles. The maximum Gasteiger partial charge on any atom is 0.320 e. The number of hydrogen-bond acceptors (Lipinski definition) is 3. The number of aliphatic carboxylic acids is 1. The van der Waals surface area contributed by atoms with E-state index in [0.717, 1.165) is 6.54 Å². The number of aliphatic hydroxyl groups excluding tert-OH is 1. The highest BCUT2D eigenvalue weighted by atomic mass is 16.4. The Morgan fingerprint density at radius 2 is 2.20 bits per heavy atom. The molecule has 0 aromatic rings. The van der Waals surface area contributed by atoms with Gasteiger partial charge in [-0.25, -0.2) is 0 Å². The fourth-order valence-electron chi connectivity index (χ4n) is 2.38. The van der Waals surface area contributed by atoms with Gasteiger partial charge in [0.05, 0.1) is 0 Å². The van der Waals surface area contributed by atoms with Crippen molar-refractivity contribution >= 4 is 5.97 Å².